The van der Waals surface area contributed by atoms with Gasteiger partial charge in [0.25, 0.3) is 0 Å². The van der Waals surface area contributed by atoms with Crippen LogP contribution in [0.2, 0.25) is 0 Å². The van der Waals surface area contributed by atoms with Gasteiger partial charge in [-0.1, -0.05) is 12.1 Å². The number of carbonyl (C=O) groups is 1. The number of likely N-dealkylation sites (N-methyl/N-ethyl adjacent to an activating group) is 1. The highest BCUT2D eigenvalue weighted by Gasteiger charge is 2.65. The third kappa shape index (κ3) is 2.50. The normalized spacial score (nSPS) is 31.3. The third-order valence-corrected chi connectivity index (χ3v) is 7.51. The molecule has 3 heterocycles. The molecule has 32 heavy (non-hydrogen) atoms. The van der Waals surface area contributed by atoms with Crippen molar-refractivity contribution >= 4 is 5.97 Å². The van der Waals surface area contributed by atoms with E-state index in [1.807, 2.05) is 6.07 Å². The molecule has 5 atom stereocenters. The van der Waals surface area contributed by atoms with Gasteiger partial charge in [0.05, 0.1) is 0 Å². The number of piperidine rings is 1. The zero-order valence-corrected chi connectivity index (χ0v) is 17.9. The maximum atomic E-state index is 11.8. The lowest BCUT2D eigenvalue weighted by molar-refractivity contribution is -0.132. The van der Waals surface area contributed by atoms with Crippen molar-refractivity contribution in [1.82, 2.24) is 9.88 Å². The molecule has 1 spiro atoms. The average Bonchev–Trinajstić information content (AvgIpc) is 3.14. The van der Waals surface area contributed by atoms with Gasteiger partial charge in [0.1, 0.15) is 17.7 Å². The van der Waals surface area contributed by atoms with E-state index in [9.17, 15) is 10.1 Å². The molecule has 6 rings (SSSR count). The molecule has 1 aromatic heterocycles. The summed E-state index contributed by atoms with van der Waals surface area (Å²) in [5, 5.41) is 9.48. The van der Waals surface area contributed by atoms with Crippen LogP contribution >= 0.6 is 0 Å². The Bertz CT molecular complexity index is 1200. The minimum absolute atomic E-state index is 0.267. The van der Waals surface area contributed by atoms with Crippen molar-refractivity contribution in [2.45, 2.75) is 43.4 Å². The van der Waals surface area contributed by atoms with Crippen molar-refractivity contribution in [3.05, 3.63) is 59.3 Å². The quantitative estimate of drug-likeness (QED) is 0.421. The highest BCUT2D eigenvalue weighted by molar-refractivity contribution is 5.72. The molecular weight excluding hydrogens is 406 g/mol. The van der Waals surface area contributed by atoms with E-state index in [2.05, 4.69) is 41.2 Å². The van der Waals surface area contributed by atoms with Gasteiger partial charge < -0.3 is 19.1 Å². The van der Waals surface area contributed by atoms with Gasteiger partial charge in [-0.3, -0.25) is 4.79 Å². The minimum Gasteiger partial charge on any atom is -0.481 e. The van der Waals surface area contributed by atoms with E-state index in [0.29, 0.717) is 29.0 Å². The van der Waals surface area contributed by atoms with Crippen LogP contribution in [0.3, 0.4) is 0 Å². The molecule has 0 N–H and O–H groups in total. The maximum absolute atomic E-state index is 11.8. The van der Waals surface area contributed by atoms with E-state index in [4.69, 9.17) is 14.2 Å². The van der Waals surface area contributed by atoms with Gasteiger partial charge in [0.15, 0.2) is 17.6 Å². The van der Waals surface area contributed by atoms with Crippen molar-refractivity contribution in [3.8, 4) is 23.4 Å². The first-order chi connectivity index (χ1) is 15.5. The third-order valence-electron chi connectivity index (χ3n) is 7.51. The van der Waals surface area contributed by atoms with E-state index in [1.54, 1.807) is 18.3 Å². The second kappa shape index (κ2) is 6.81. The summed E-state index contributed by atoms with van der Waals surface area (Å²) in [7, 11) is 2.19. The Morgan fingerprint density at radius 1 is 1.34 bits per heavy atom. The number of carbonyl (C=O) groups excluding carboxylic acids is 1. The van der Waals surface area contributed by atoms with Gasteiger partial charge >= 0.3 is 5.97 Å². The molecule has 0 radical (unpaired) electrons. The summed E-state index contributed by atoms with van der Waals surface area (Å²) in [6.45, 7) is 2.35. The molecule has 2 aromatic rings. The molecule has 2 aliphatic heterocycles. The predicted octanol–water partition coefficient (Wildman–Crippen LogP) is 2.77. The Balaban J connectivity index is 1.50. The molecule has 7 heteroatoms. The number of benzene rings is 1. The minimum atomic E-state index is -0.416. The fourth-order valence-corrected chi connectivity index (χ4v) is 6.24. The number of nitriles is 1. The van der Waals surface area contributed by atoms with Gasteiger partial charge in [-0.05, 0) is 56.3 Å². The number of rotatable bonds is 3. The summed E-state index contributed by atoms with van der Waals surface area (Å²) in [6, 6.07) is 9.86. The van der Waals surface area contributed by atoms with Crippen LogP contribution in [0, 0.1) is 17.2 Å². The average molecular weight is 429 g/mol. The van der Waals surface area contributed by atoms with Crippen molar-refractivity contribution in [3.63, 3.8) is 0 Å². The second-order valence-electron chi connectivity index (χ2n) is 9.06. The first-order valence-corrected chi connectivity index (χ1v) is 10.9. The number of pyridine rings is 1. The lowest BCUT2D eigenvalue weighted by atomic mass is 9.53. The zero-order chi connectivity index (χ0) is 22.0. The Hall–Kier alpha value is -3.37. The van der Waals surface area contributed by atoms with Crippen LogP contribution < -0.4 is 14.2 Å². The summed E-state index contributed by atoms with van der Waals surface area (Å²) in [5.41, 5.74) is 2.53. The van der Waals surface area contributed by atoms with Crippen LogP contribution in [0.15, 0.2) is 42.6 Å². The number of hydrogen-bond acceptors (Lipinski definition) is 7. The van der Waals surface area contributed by atoms with Gasteiger partial charge in [-0.2, -0.15) is 5.26 Å². The van der Waals surface area contributed by atoms with Gasteiger partial charge in [-0.25, -0.2) is 4.98 Å². The summed E-state index contributed by atoms with van der Waals surface area (Å²) in [6.07, 6.45) is 7.06. The van der Waals surface area contributed by atoms with Crippen molar-refractivity contribution < 1.29 is 19.0 Å². The Morgan fingerprint density at radius 3 is 3.03 bits per heavy atom. The summed E-state index contributed by atoms with van der Waals surface area (Å²) in [4.78, 5) is 18.5. The van der Waals surface area contributed by atoms with E-state index in [0.717, 1.165) is 24.9 Å². The molecule has 4 aliphatic rings. The van der Waals surface area contributed by atoms with Crippen LogP contribution in [-0.4, -0.2) is 47.7 Å². The lowest BCUT2D eigenvalue weighted by Gasteiger charge is -2.56. The fourth-order valence-electron chi connectivity index (χ4n) is 6.24. The van der Waals surface area contributed by atoms with Crippen LogP contribution in [0.25, 0.3) is 0 Å². The van der Waals surface area contributed by atoms with Gasteiger partial charge in [-0.15, -0.1) is 0 Å². The largest absolute Gasteiger partial charge is 0.481 e. The van der Waals surface area contributed by atoms with Gasteiger partial charge in [0, 0.05) is 36.1 Å². The van der Waals surface area contributed by atoms with Crippen LogP contribution in [0.4, 0.5) is 0 Å². The van der Waals surface area contributed by atoms with Crippen LogP contribution in [0.1, 0.15) is 30.0 Å². The molecule has 1 fully saturated rings. The number of esters is 1. The number of nitrogens with zero attached hydrogens (tertiary/aromatic N) is 3. The van der Waals surface area contributed by atoms with Crippen LogP contribution in [0.5, 0.6) is 17.4 Å². The Kier molecular flexibility index (Phi) is 4.11. The Labute approximate surface area is 186 Å². The van der Waals surface area contributed by atoms with E-state index in [-0.39, 0.29) is 23.4 Å². The molecule has 162 valence electrons. The predicted molar refractivity (Wildman–Crippen MR) is 115 cm³/mol. The smallest absolute Gasteiger partial charge is 0.308 e. The van der Waals surface area contributed by atoms with Crippen molar-refractivity contribution in [2.24, 2.45) is 5.92 Å². The molecule has 0 unspecified atom stereocenters. The summed E-state index contributed by atoms with van der Waals surface area (Å²) >= 11 is 0. The standard InChI is InChI=1S/C25H23N3O4/c1-14(29)30-19-7-5-15-12-18-17-6-8-20(31-24-16(13-26)4-3-10-27-24)23-25(17,9-11-28(18)2)21(15)22(19)32-23/h3-8,10,17-18,20,23H,9,11-12H2,1-2H3/t17-,18+,20-,23-,25-/m0/s1. The van der Waals surface area contributed by atoms with Crippen molar-refractivity contribution in [2.75, 3.05) is 13.6 Å². The first kappa shape index (κ1) is 19.3. The number of hydrogen-bond donors (Lipinski definition) is 0. The topological polar surface area (TPSA) is 84.7 Å². The van der Waals surface area contributed by atoms with E-state index < -0.39 is 6.10 Å². The molecule has 2 bridgehead atoms. The monoisotopic (exact) mass is 429 g/mol. The summed E-state index contributed by atoms with van der Waals surface area (Å²) < 4.78 is 18.5. The molecule has 1 saturated heterocycles. The fraction of sp³-hybridized carbons (Fsp3) is 0.400. The van der Waals surface area contributed by atoms with Crippen molar-refractivity contribution in [1.29, 1.82) is 5.26 Å². The second-order valence-corrected chi connectivity index (χ2v) is 9.06. The van der Waals surface area contributed by atoms with E-state index >= 15 is 0 Å². The molecule has 0 amide bonds. The Morgan fingerprint density at radius 2 is 2.22 bits per heavy atom. The zero-order valence-electron chi connectivity index (χ0n) is 17.9. The maximum Gasteiger partial charge on any atom is 0.308 e. The van der Waals surface area contributed by atoms with Crippen LogP contribution in [-0.2, 0) is 16.6 Å². The number of likely N-dealkylation sites (tertiary alicyclic amines) is 1. The molecule has 0 saturated carbocycles. The molecule has 7 nitrogen and oxygen atoms in total. The molecular formula is C25H23N3O4. The first-order valence-electron chi connectivity index (χ1n) is 10.9. The summed E-state index contributed by atoms with van der Waals surface area (Å²) in [5.74, 6) is 1.33. The highest BCUT2D eigenvalue weighted by atomic mass is 16.6. The molecule has 1 aromatic carbocycles. The number of ether oxygens (including phenoxy) is 3. The highest BCUT2D eigenvalue weighted by Crippen LogP contribution is 2.62. The van der Waals surface area contributed by atoms with E-state index in [1.165, 1.54) is 12.5 Å². The lowest BCUT2D eigenvalue weighted by Crippen LogP contribution is -2.65. The SMILES string of the molecule is CC(=O)Oc1ccc2c3c1O[C@H]1[C@@H](Oc4ncccc4C#N)C=C[C@H]4[C@@H](C2)N(C)CC[C@@]341. The molecule has 2 aliphatic carbocycles. The van der Waals surface area contributed by atoms with Gasteiger partial charge in [0.2, 0.25) is 5.88 Å². The number of aromatic nitrogens is 1.